The fourth-order valence-electron chi connectivity index (χ4n) is 0.985. The van der Waals surface area contributed by atoms with Crippen molar-refractivity contribution < 1.29 is 24.3 Å². The number of carboxylic acids is 1. The van der Waals surface area contributed by atoms with E-state index in [2.05, 4.69) is 5.32 Å². The second-order valence-corrected chi connectivity index (χ2v) is 4.87. The van der Waals surface area contributed by atoms with Gasteiger partial charge in [-0.05, 0) is 5.92 Å². The summed E-state index contributed by atoms with van der Waals surface area (Å²) in [6.45, 7) is 3.53. The van der Waals surface area contributed by atoms with Crippen LogP contribution in [0, 0.1) is 5.92 Å². The first-order valence-corrected chi connectivity index (χ1v) is 6.08. The lowest BCUT2D eigenvalue weighted by atomic mass is 10.00. The van der Waals surface area contributed by atoms with Crippen molar-refractivity contribution in [3.63, 3.8) is 0 Å². The normalized spacial score (nSPS) is 16.3. The topological polar surface area (TPSA) is 107 Å². The molecule has 0 rings (SSSR count). The maximum Gasteiger partial charge on any atom is 0.339 e. The van der Waals surface area contributed by atoms with Crippen molar-refractivity contribution in [3.05, 3.63) is 0 Å². The maximum atomic E-state index is 10.7. The van der Waals surface area contributed by atoms with Crippen LogP contribution in [0.25, 0.3) is 0 Å². The molecule has 2 atom stereocenters. The summed E-state index contributed by atoms with van der Waals surface area (Å²) in [6.07, 6.45) is 0.0272. The molecule has 0 fully saturated rings. The van der Waals surface area contributed by atoms with Crippen LogP contribution in [0.3, 0.4) is 0 Å². The molecular formula is C7H16NO5P. The van der Waals surface area contributed by atoms with Gasteiger partial charge in [-0.1, -0.05) is 20.3 Å². The van der Waals surface area contributed by atoms with Crippen molar-refractivity contribution in [2.24, 2.45) is 5.92 Å². The van der Waals surface area contributed by atoms with Crippen LogP contribution < -0.4 is 5.32 Å². The van der Waals surface area contributed by atoms with Gasteiger partial charge in [0.25, 0.3) is 0 Å². The second-order valence-electron chi connectivity index (χ2n) is 3.23. The summed E-state index contributed by atoms with van der Waals surface area (Å²) in [5, 5.41) is 11.1. The van der Waals surface area contributed by atoms with Crippen LogP contribution >= 0.6 is 7.60 Å². The third kappa shape index (κ3) is 5.34. The average molecular weight is 225 g/mol. The highest BCUT2D eigenvalue weighted by Crippen LogP contribution is 2.32. The van der Waals surface area contributed by atoms with Crippen molar-refractivity contribution in [3.8, 4) is 0 Å². The van der Waals surface area contributed by atoms with E-state index in [9.17, 15) is 9.36 Å². The van der Waals surface area contributed by atoms with E-state index in [1.807, 2.05) is 6.92 Å². The molecule has 7 heteroatoms. The van der Waals surface area contributed by atoms with Crippen molar-refractivity contribution in [2.75, 3.05) is 6.29 Å². The van der Waals surface area contributed by atoms with Gasteiger partial charge in [0.05, 0.1) is 6.29 Å². The van der Waals surface area contributed by atoms with E-state index in [-0.39, 0.29) is 5.92 Å². The SMILES string of the molecule is CCC(C)C(NCP(=O)(O)O)C(=O)O. The van der Waals surface area contributed by atoms with Gasteiger partial charge in [0.1, 0.15) is 6.04 Å². The Labute approximate surface area is 82.5 Å². The van der Waals surface area contributed by atoms with Crippen LogP contribution in [0.4, 0.5) is 0 Å². The zero-order valence-corrected chi connectivity index (χ0v) is 9.07. The minimum absolute atomic E-state index is 0.168. The fourth-order valence-corrected chi connectivity index (χ4v) is 1.42. The number of hydrogen-bond acceptors (Lipinski definition) is 3. The first kappa shape index (κ1) is 13.6. The van der Waals surface area contributed by atoms with E-state index in [0.717, 1.165) is 0 Å². The van der Waals surface area contributed by atoms with Crippen molar-refractivity contribution >= 4 is 13.6 Å². The van der Waals surface area contributed by atoms with Crippen LogP contribution in [-0.4, -0.2) is 33.2 Å². The van der Waals surface area contributed by atoms with E-state index in [1.54, 1.807) is 6.92 Å². The molecule has 0 aromatic rings. The fraction of sp³-hybridized carbons (Fsp3) is 0.857. The van der Waals surface area contributed by atoms with Crippen molar-refractivity contribution in [2.45, 2.75) is 26.3 Å². The number of carboxylic acid groups (broad SMARTS) is 1. The van der Waals surface area contributed by atoms with Gasteiger partial charge in [0.2, 0.25) is 0 Å². The molecule has 0 aliphatic carbocycles. The van der Waals surface area contributed by atoms with Gasteiger partial charge in [0, 0.05) is 0 Å². The molecule has 0 amide bonds. The summed E-state index contributed by atoms with van der Waals surface area (Å²) in [7, 11) is -4.18. The molecule has 14 heavy (non-hydrogen) atoms. The first-order chi connectivity index (χ1) is 6.28. The minimum atomic E-state index is -4.18. The number of aliphatic carboxylic acids is 1. The maximum absolute atomic E-state index is 10.7. The minimum Gasteiger partial charge on any atom is -0.480 e. The quantitative estimate of drug-likeness (QED) is 0.481. The van der Waals surface area contributed by atoms with Gasteiger partial charge in [-0.3, -0.25) is 14.7 Å². The molecule has 0 saturated carbocycles. The Hall–Kier alpha value is -0.420. The molecule has 0 radical (unpaired) electrons. The van der Waals surface area contributed by atoms with Gasteiger partial charge in [-0.15, -0.1) is 0 Å². The first-order valence-electron chi connectivity index (χ1n) is 4.28. The summed E-state index contributed by atoms with van der Waals surface area (Å²) >= 11 is 0. The Morgan fingerprint density at radius 3 is 2.29 bits per heavy atom. The summed E-state index contributed by atoms with van der Waals surface area (Å²) in [5.41, 5.74) is 0. The van der Waals surface area contributed by atoms with E-state index in [1.165, 1.54) is 0 Å². The summed E-state index contributed by atoms with van der Waals surface area (Å²) < 4.78 is 10.5. The molecule has 0 saturated heterocycles. The molecule has 6 nitrogen and oxygen atoms in total. The molecule has 0 bridgehead atoms. The molecule has 0 heterocycles. The van der Waals surface area contributed by atoms with Gasteiger partial charge in [-0.25, -0.2) is 0 Å². The monoisotopic (exact) mass is 225 g/mol. The zero-order chi connectivity index (χ0) is 11.4. The predicted octanol–water partition coefficient (Wildman–Crippen LogP) is 0.210. The number of carbonyl (C=O) groups is 1. The standard InChI is InChI=1S/C7H16NO5P/c1-3-5(2)6(7(9)10)8-4-14(11,12)13/h5-6,8H,3-4H2,1-2H3,(H,9,10)(H2,11,12,13). The lowest BCUT2D eigenvalue weighted by Crippen LogP contribution is -2.42. The summed E-state index contributed by atoms with van der Waals surface area (Å²) in [6, 6.07) is -0.910. The average Bonchev–Trinajstić information content (AvgIpc) is 2.01. The number of nitrogens with one attached hydrogen (secondary N) is 1. The molecule has 0 aromatic heterocycles. The summed E-state index contributed by atoms with van der Waals surface area (Å²) in [4.78, 5) is 27.8. The smallest absolute Gasteiger partial charge is 0.339 e. The molecular weight excluding hydrogens is 209 g/mol. The molecule has 0 spiro atoms. The van der Waals surface area contributed by atoms with Crippen LogP contribution in [0.5, 0.6) is 0 Å². The van der Waals surface area contributed by atoms with Crippen molar-refractivity contribution in [1.29, 1.82) is 0 Å². The number of rotatable bonds is 6. The molecule has 0 aliphatic rings. The van der Waals surface area contributed by atoms with Gasteiger partial charge < -0.3 is 14.9 Å². The molecule has 0 aromatic carbocycles. The largest absolute Gasteiger partial charge is 0.480 e. The Bertz CT molecular complexity index is 238. The third-order valence-corrected chi connectivity index (χ3v) is 2.59. The lowest BCUT2D eigenvalue weighted by molar-refractivity contribution is -0.140. The van der Waals surface area contributed by atoms with E-state index < -0.39 is 25.9 Å². The third-order valence-electron chi connectivity index (χ3n) is 2.00. The number of hydrogen-bond donors (Lipinski definition) is 4. The van der Waals surface area contributed by atoms with Gasteiger partial charge >= 0.3 is 13.6 Å². The van der Waals surface area contributed by atoms with E-state index >= 15 is 0 Å². The molecule has 4 N–H and O–H groups in total. The van der Waals surface area contributed by atoms with Crippen LogP contribution in [0.2, 0.25) is 0 Å². The Morgan fingerprint density at radius 1 is 1.50 bits per heavy atom. The van der Waals surface area contributed by atoms with Crippen LogP contribution in [-0.2, 0) is 9.36 Å². The Balaban J connectivity index is 4.25. The highest BCUT2D eigenvalue weighted by molar-refractivity contribution is 7.51. The molecule has 84 valence electrons. The Morgan fingerprint density at radius 2 is 2.00 bits per heavy atom. The second kappa shape index (κ2) is 5.46. The molecule has 2 unspecified atom stereocenters. The van der Waals surface area contributed by atoms with Gasteiger partial charge in [0.15, 0.2) is 0 Å². The molecule has 0 aliphatic heterocycles. The summed E-state index contributed by atoms with van der Waals surface area (Å²) in [5.74, 6) is -1.26. The predicted molar refractivity (Wildman–Crippen MR) is 50.9 cm³/mol. The lowest BCUT2D eigenvalue weighted by Gasteiger charge is -2.20. The van der Waals surface area contributed by atoms with Crippen molar-refractivity contribution in [1.82, 2.24) is 5.32 Å². The van der Waals surface area contributed by atoms with Gasteiger partial charge in [-0.2, -0.15) is 0 Å². The zero-order valence-electron chi connectivity index (χ0n) is 8.17. The Kier molecular flexibility index (Phi) is 5.29. The highest BCUT2D eigenvalue weighted by Gasteiger charge is 2.25. The van der Waals surface area contributed by atoms with E-state index in [0.29, 0.717) is 6.42 Å². The highest BCUT2D eigenvalue weighted by atomic mass is 31.2. The van der Waals surface area contributed by atoms with Crippen LogP contribution in [0.1, 0.15) is 20.3 Å². The van der Waals surface area contributed by atoms with Crippen LogP contribution in [0.15, 0.2) is 0 Å². The van der Waals surface area contributed by atoms with E-state index in [4.69, 9.17) is 14.9 Å².